The van der Waals surface area contributed by atoms with Gasteiger partial charge in [0.25, 0.3) is 0 Å². The van der Waals surface area contributed by atoms with Gasteiger partial charge in [-0.05, 0) is 30.3 Å². The number of nitrogens with zero attached hydrogens (tertiary/aromatic N) is 4. The van der Waals surface area contributed by atoms with Crippen molar-refractivity contribution in [1.29, 1.82) is 0 Å². The van der Waals surface area contributed by atoms with Gasteiger partial charge in [0, 0.05) is 10.0 Å². The van der Waals surface area contributed by atoms with Crippen LogP contribution in [0.2, 0.25) is 0 Å². The van der Waals surface area contributed by atoms with E-state index in [9.17, 15) is 4.39 Å². The average Bonchev–Trinajstić information content (AvgIpc) is 3.16. The monoisotopic (exact) mass is 404 g/mol. The number of ether oxygens (including phenoxy) is 1. The third kappa shape index (κ3) is 2.90. The van der Waals surface area contributed by atoms with Crippen LogP contribution in [0.1, 0.15) is 5.82 Å². The number of rotatable bonds is 4. The van der Waals surface area contributed by atoms with E-state index in [0.717, 1.165) is 15.0 Å². The van der Waals surface area contributed by atoms with Gasteiger partial charge in [0.15, 0.2) is 5.82 Å². The minimum Gasteiger partial charge on any atom is -0.486 e. The molecule has 0 aliphatic rings. The molecule has 0 bridgehead atoms. The third-order valence-electron chi connectivity index (χ3n) is 3.34. The Bertz CT molecular complexity index is 999. The standard InChI is InChI=1S/C16H10BrFN4OS/c17-13-4-2-1-3-12(13)15-21-22-14(19-20-16(22)24-15)9-23-11-7-5-10(18)6-8-11/h1-8H,9H2. The fraction of sp³-hybridized carbons (Fsp3) is 0.0625. The van der Waals surface area contributed by atoms with Crippen LogP contribution in [0.4, 0.5) is 4.39 Å². The molecule has 0 saturated heterocycles. The highest BCUT2D eigenvalue weighted by Gasteiger charge is 2.14. The molecule has 4 rings (SSSR count). The van der Waals surface area contributed by atoms with Gasteiger partial charge in [0.05, 0.1) is 0 Å². The van der Waals surface area contributed by atoms with E-state index in [4.69, 9.17) is 4.74 Å². The lowest BCUT2D eigenvalue weighted by Crippen LogP contribution is -2.02. The molecule has 0 fully saturated rings. The van der Waals surface area contributed by atoms with Crippen LogP contribution >= 0.6 is 27.3 Å². The van der Waals surface area contributed by atoms with Gasteiger partial charge >= 0.3 is 0 Å². The molecule has 2 aromatic heterocycles. The fourth-order valence-electron chi connectivity index (χ4n) is 2.17. The van der Waals surface area contributed by atoms with Gasteiger partial charge in [-0.1, -0.05) is 45.5 Å². The van der Waals surface area contributed by atoms with E-state index < -0.39 is 0 Å². The van der Waals surface area contributed by atoms with Gasteiger partial charge in [-0.25, -0.2) is 4.39 Å². The summed E-state index contributed by atoms with van der Waals surface area (Å²) < 4.78 is 21.2. The molecule has 24 heavy (non-hydrogen) atoms. The summed E-state index contributed by atoms with van der Waals surface area (Å²) in [6.45, 7) is 0.200. The zero-order valence-electron chi connectivity index (χ0n) is 12.2. The Labute approximate surface area is 148 Å². The van der Waals surface area contributed by atoms with Crippen molar-refractivity contribution < 1.29 is 9.13 Å². The minimum absolute atomic E-state index is 0.200. The lowest BCUT2D eigenvalue weighted by atomic mass is 10.2. The molecule has 2 aromatic carbocycles. The molecule has 0 aliphatic heterocycles. The molecule has 0 radical (unpaired) electrons. The summed E-state index contributed by atoms with van der Waals surface area (Å²) in [6.07, 6.45) is 0. The SMILES string of the molecule is Fc1ccc(OCc2nnc3sc(-c4ccccc4Br)nn23)cc1. The maximum absolute atomic E-state index is 12.9. The zero-order chi connectivity index (χ0) is 16.5. The molecule has 4 aromatic rings. The van der Waals surface area contributed by atoms with Crippen molar-refractivity contribution in [2.24, 2.45) is 0 Å². The summed E-state index contributed by atoms with van der Waals surface area (Å²) in [6, 6.07) is 13.7. The highest BCUT2D eigenvalue weighted by Crippen LogP contribution is 2.31. The summed E-state index contributed by atoms with van der Waals surface area (Å²) >= 11 is 4.98. The Morgan fingerprint density at radius 3 is 2.67 bits per heavy atom. The molecule has 0 spiro atoms. The van der Waals surface area contributed by atoms with Crippen LogP contribution in [0, 0.1) is 5.82 Å². The average molecular weight is 405 g/mol. The first kappa shape index (κ1) is 15.2. The fourth-order valence-corrected chi connectivity index (χ4v) is 3.67. The Hall–Kier alpha value is -2.32. The molecule has 0 aliphatic carbocycles. The summed E-state index contributed by atoms with van der Waals surface area (Å²) in [4.78, 5) is 0.693. The molecule has 0 N–H and O–H groups in total. The van der Waals surface area contributed by atoms with Crippen molar-refractivity contribution in [3.63, 3.8) is 0 Å². The largest absolute Gasteiger partial charge is 0.486 e. The first-order valence-electron chi connectivity index (χ1n) is 7.05. The van der Waals surface area contributed by atoms with E-state index in [0.29, 0.717) is 16.5 Å². The van der Waals surface area contributed by atoms with Crippen molar-refractivity contribution in [3.8, 4) is 16.3 Å². The molecule has 0 saturated carbocycles. The van der Waals surface area contributed by atoms with Crippen LogP contribution in [0.25, 0.3) is 15.5 Å². The summed E-state index contributed by atoms with van der Waals surface area (Å²) in [7, 11) is 0. The second-order valence-corrected chi connectivity index (χ2v) is 6.75. The van der Waals surface area contributed by atoms with Crippen LogP contribution in [-0.2, 0) is 6.61 Å². The zero-order valence-corrected chi connectivity index (χ0v) is 14.6. The second kappa shape index (κ2) is 6.29. The van der Waals surface area contributed by atoms with E-state index in [2.05, 4.69) is 31.2 Å². The maximum Gasteiger partial charge on any atom is 0.235 e. The van der Waals surface area contributed by atoms with Crippen molar-refractivity contribution in [1.82, 2.24) is 19.8 Å². The Morgan fingerprint density at radius 2 is 1.88 bits per heavy atom. The molecule has 0 unspecified atom stereocenters. The van der Waals surface area contributed by atoms with Gasteiger partial charge in [0.1, 0.15) is 23.2 Å². The van der Waals surface area contributed by atoms with Gasteiger partial charge in [-0.15, -0.1) is 10.2 Å². The normalized spacial score (nSPS) is 11.1. The predicted molar refractivity (Wildman–Crippen MR) is 92.5 cm³/mol. The van der Waals surface area contributed by atoms with Gasteiger partial charge in [0.2, 0.25) is 4.96 Å². The Kier molecular flexibility index (Phi) is 3.99. The van der Waals surface area contributed by atoms with Gasteiger partial charge in [-0.3, -0.25) is 0 Å². The molecular formula is C16H10BrFN4OS. The summed E-state index contributed by atoms with van der Waals surface area (Å²) in [5, 5.41) is 13.6. The molecule has 2 heterocycles. The van der Waals surface area contributed by atoms with Crippen LogP contribution in [-0.4, -0.2) is 19.8 Å². The van der Waals surface area contributed by atoms with Crippen LogP contribution < -0.4 is 4.74 Å². The van der Waals surface area contributed by atoms with E-state index in [1.165, 1.54) is 23.5 Å². The Morgan fingerprint density at radius 1 is 1.08 bits per heavy atom. The molecule has 0 atom stereocenters. The van der Waals surface area contributed by atoms with Crippen molar-refractivity contribution in [2.75, 3.05) is 0 Å². The highest BCUT2D eigenvalue weighted by atomic mass is 79.9. The first-order chi connectivity index (χ1) is 11.7. The lowest BCUT2D eigenvalue weighted by Gasteiger charge is -2.03. The smallest absolute Gasteiger partial charge is 0.235 e. The van der Waals surface area contributed by atoms with E-state index in [-0.39, 0.29) is 12.4 Å². The summed E-state index contributed by atoms with van der Waals surface area (Å²) in [5.41, 5.74) is 0.999. The predicted octanol–water partition coefficient (Wildman–Crippen LogP) is 4.33. The second-order valence-electron chi connectivity index (χ2n) is 4.94. The first-order valence-corrected chi connectivity index (χ1v) is 8.66. The number of hydrogen-bond donors (Lipinski definition) is 0. The number of benzene rings is 2. The number of hydrogen-bond acceptors (Lipinski definition) is 5. The van der Waals surface area contributed by atoms with Crippen LogP contribution in [0.5, 0.6) is 5.75 Å². The van der Waals surface area contributed by atoms with Crippen molar-refractivity contribution in [3.05, 3.63) is 64.6 Å². The third-order valence-corrected chi connectivity index (χ3v) is 4.96. The Balaban J connectivity index is 1.60. The van der Waals surface area contributed by atoms with Crippen LogP contribution in [0.3, 0.4) is 0 Å². The van der Waals surface area contributed by atoms with E-state index in [1.807, 2.05) is 24.3 Å². The lowest BCUT2D eigenvalue weighted by molar-refractivity contribution is 0.292. The van der Waals surface area contributed by atoms with Crippen LogP contribution in [0.15, 0.2) is 53.0 Å². The molecule has 120 valence electrons. The maximum atomic E-state index is 12.9. The number of fused-ring (bicyclic) bond motifs is 1. The quantitative estimate of drug-likeness (QED) is 0.507. The number of aromatic nitrogens is 4. The van der Waals surface area contributed by atoms with Crippen molar-refractivity contribution in [2.45, 2.75) is 6.61 Å². The molecule has 0 amide bonds. The molecular weight excluding hydrogens is 395 g/mol. The van der Waals surface area contributed by atoms with E-state index >= 15 is 0 Å². The van der Waals surface area contributed by atoms with E-state index in [1.54, 1.807) is 16.6 Å². The van der Waals surface area contributed by atoms with Gasteiger partial charge < -0.3 is 4.74 Å². The van der Waals surface area contributed by atoms with Gasteiger partial charge in [-0.2, -0.15) is 9.61 Å². The topological polar surface area (TPSA) is 52.3 Å². The minimum atomic E-state index is -0.301. The molecule has 5 nitrogen and oxygen atoms in total. The molecule has 8 heteroatoms. The summed E-state index contributed by atoms with van der Waals surface area (Å²) in [5.74, 6) is 0.850. The highest BCUT2D eigenvalue weighted by molar-refractivity contribution is 9.10. The van der Waals surface area contributed by atoms with Crippen molar-refractivity contribution >= 4 is 32.2 Å². The number of halogens is 2.